The van der Waals surface area contributed by atoms with Crippen LogP contribution in [-0.2, 0) is 4.74 Å². The van der Waals surface area contributed by atoms with Crippen molar-refractivity contribution in [2.75, 3.05) is 6.61 Å². The topological polar surface area (TPSA) is 29.5 Å². The van der Waals surface area contributed by atoms with E-state index >= 15 is 0 Å². The molecule has 2 nitrogen and oxygen atoms in total. The van der Waals surface area contributed by atoms with E-state index in [0.717, 1.165) is 25.9 Å². The maximum atomic E-state index is 9.72. The van der Waals surface area contributed by atoms with Crippen molar-refractivity contribution in [3.05, 3.63) is 35.1 Å². The Kier molecular flexibility index (Phi) is 2.60. The van der Waals surface area contributed by atoms with Crippen LogP contribution in [0.25, 0.3) is 0 Å². The van der Waals surface area contributed by atoms with Crippen molar-refractivity contribution in [1.82, 2.24) is 0 Å². The standard InChI is InChI=1S/C14H18O2/c15-11-5-3-4-10-9-16-14-7-2-1-6-12(14)13(10)8-11/h3,5,8,10,14-15H,1-2,4,6-7,9H2. The molecule has 3 rings (SSSR count). The normalized spacial score (nSPS) is 33.9. The van der Waals surface area contributed by atoms with E-state index in [1.807, 2.05) is 12.2 Å². The third-order valence-corrected chi connectivity index (χ3v) is 3.87. The number of aliphatic hydroxyl groups is 1. The van der Waals surface area contributed by atoms with Gasteiger partial charge < -0.3 is 9.84 Å². The average Bonchev–Trinajstić information content (AvgIpc) is 2.50. The molecule has 1 saturated carbocycles. The van der Waals surface area contributed by atoms with Crippen molar-refractivity contribution >= 4 is 0 Å². The van der Waals surface area contributed by atoms with Gasteiger partial charge in [-0.15, -0.1) is 0 Å². The fraction of sp³-hybridized carbons (Fsp3) is 0.571. The monoisotopic (exact) mass is 218 g/mol. The van der Waals surface area contributed by atoms with Crippen molar-refractivity contribution in [2.24, 2.45) is 5.92 Å². The van der Waals surface area contributed by atoms with Crippen LogP contribution in [0.1, 0.15) is 32.1 Å². The van der Waals surface area contributed by atoms with E-state index in [4.69, 9.17) is 4.74 Å². The first-order valence-electron chi connectivity index (χ1n) is 6.26. The van der Waals surface area contributed by atoms with Crippen LogP contribution >= 0.6 is 0 Å². The van der Waals surface area contributed by atoms with Gasteiger partial charge in [-0.1, -0.05) is 12.5 Å². The summed E-state index contributed by atoms with van der Waals surface area (Å²) in [7, 11) is 0. The van der Waals surface area contributed by atoms with Gasteiger partial charge in [0.15, 0.2) is 0 Å². The highest BCUT2D eigenvalue weighted by Gasteiger charge is 2.31. The maximum absolute atomic E-state index is 9.72. The second kappa shape index (κ2) is 4.10. The lowest BCUT2D eigenvalue weighted by atomic mass is 9.81. The zero-order valence-electron chi connectivity index (χ0n) is 9.48. The summed E-state index contributed by atoms with van der Waals surface area (Å²) in [6, 6.07) is 0. The van der Waals surface area contributed by atoms with Gasteiger partial charge in [-0.2, -0.15) is 0 Å². The Labute approximate surface area is 96.3 Å². The summed E-state index contributed by atoms with van der Waals surface area (Å²) >= 11 is 0. The molecule has 1 N–H and O–H groups in total. The third-order valence-electron chi connectivity index (χ3n) is 3.87. The Bertz CT molecular complexity index is 376. The number of aliphatic hydroxyl groups excluding tert-OH is 1. The Balaban J connectivity index is 2.01. The van der Waals surface area contributed by atoms with Gasteiger partial charge >= 0.3 is 0 Å². The highest BCUT2D eigenvalue weighted by molar-refractivity contribution is 5.38. The Morgan fingerprint density at radius 3 is 3.19 bits per heavy atom. The first kappa shape index (κ1) is 10.2. The molecule has 0 aromatic heterocycles. The average molecular weight is 218 g/mol. The lowest BCUT2D eigenvalue weighted by molar-refractivity contribution is 0.0285. The van der Waals surface area contributed by atoms with E-state index in [1.165, 1.54) is 24.0 Å². The summed E-state index contributed by atoms with van der Waals surface area (Å²) in [6.07, 6.45) is 12.0. The summed E-state index contributed by atoms with van der Waals surface area (Å²) in [5.41, 5.74) is 2.82. The van der Waals surface area contributed by atoms with Crippen molar-refractivity contribution in [1.29, 1.82) is 0 Å². The minimum absolute atomic E-state index is 0.335. The molecule has 86 valence electrons. The van der Waals surface area contributed by atoms with E-state index in [-0.39, 0.29) is 0 Å². The molecule has 2 unspecified atom stereocenters. The number of hydrogen-bond donors (Lipinski definition) is 1. The Hall–Kier alpha value is -1.02. The third kappa shape index (κ3) is 1.71. The smallest absolute Gasteiger partial charge is 0.115 e. The maximum Gasteiger partial charge on any atom is 0.115 e. The van der Waals surface area contributed by atoms with E-state index in [1.54, 1.807) is 0 Å². The number of ether oxygens (including phenoxy) is 1. The first-order chi connectivity index (χ1) is 7.84. The highest BCUT2D eigenvalue weighted by atomic mass is 16.5. The van der Waals surface area contributed by atoms with E-state index in [2.05, 4.69) is 6.08 Å². The molecule has 0 spiro atoms. The SMILES string of the molecule is OC1=CC2=C3CCCCC3OCC2CC=C1. The molecule has 0 amide bonds. The first-order valence-corrected chi connectivity index (χ1v) is 6.26. The van der Waals surface area contributed by atoms with Crippen LogP contribution in [0.15, 0.2) is 35.1 Å². The molecule has 3 aliphatic rings. The van der Waals surface area contributed by atoms with Gasteiger partial charge in [0.1, 0.15) is 5.76 Å². The van der Waals surface area contributed by atoms with E-state index < -0.39 is 0 Å². The van der Waals surface area contributed by atoms with Crippen molar-refractivity contribution in [2.45, 2.75) is 38.2 Å². The summed E-state index contributed by atoms with van der Waals surface area (Å²) in [5.74, 6) is 0.862. The zero-order chi connectivity index (χ0) is 11.0. The Morgan fingerprint density at radius 1 is 1.31 bits per heavy atom. The summed E-state index contributed by atoms with van der Waals surface area (Å²) in [4.78, 5) is 0. The van der Waals surface area contributed by atoms with Crippen LogP contribution in [0.3, 0.4) is 0 Å². The quantitative estimate of drug-likeness (QED) is 0.676. The van der Waals surface area contributed by atoms with Gasteiger partial charge in [-0.05, 0) is 49.0 Å². The molecular formula is C14H18O2. The summed E-state index contributed by atoms with van der Waals surface area (Å²) in [6.45, 7) is 0.817. The van der Waals surface area contributed by atoms with Crippen LogP contribution in [0.5, 0.6) is 0 Å². The molecule has 2 aliphatic carbocycles. The van der Waals surface area contributed by atoms with Gasteiger partial charge in [0, 0.05) is 5.92 Å². The highest BCUT2D eigenvalue weighted by Crippen LogP contribution is 2.38. The lowest BCUT2D eigenvalue weighted by Crippen LogP contribution is -2.31. The molecule has 0 aromatic carbocycles. The number of rotatable bonds is 0. The van der Waals surface area contributed by atoms with Gasteiger partial charge in [0.25, 0.3) is 0 Å². The summed E-state index contributed by atoms with van der Waals surface area (Å²) in [5, 5.41) is 9.72. The van der Waals surface area contributed by atoms with Gasteiger partial charge in [-0.25, -0.2) is 0 Å². The predicted molar refractivity (Wildman–Crippen MR) is 63.2 cm³/mol. The lowest BCUT2D eigenvalue weighted by Gasteiger charge is -2.35. The van der Waals surface area contributed by atoms with Gasteiger partial charge in [0.2, 0.25) is 0 Å². The molecular weight excluding hydrogens is 200 g/mol. The van der Waals surface area contributed by atoms with Crippen LogP contribution in [-0.4, -0.2) is 17.8 Å². The molecule has 0 bridgehead atoms. The van der Waals surface area contributed by atoms with E-state index in [0.29, 0.717) is 17.8 Å². The zero-order valence-corrected chi connectivity index (χ0v) is 9.48. The molecule has 2 atom stereocenters. The van der Waals surface area contributed by atoms with Gasteiger partial charge in [0.05, 0.1) is 12.7 Å². The van der Waals surface area contributed by atoms with Crippen LogP contribution < -0.4 is 0 Å². The predicted octanol–water partition coefficient (Wildman–Crippen LogP) is 3.27. The summed E-state index contributed by atoms with van der Waals surface area (Å²) < 4.78 is 5.94. The molecule has 1 fully saturated rings. The van der Waals surface area contributed by atoms with Crippen LogP contribution in [0.2, 0.25) is 0 Å². The minimum atomic E-state index is 0.335. The second-order valence-corrected chi connectivity index (χ2v) is 4.95. The van der Waals surface area contributed by atoms with Gasteiger partial charge in [-0.3, -0.25) is 0 Å². The van der Waals surface area contributed by atoms with Crippen molar-refractivity contribution in [3.8, 4) is 0 Å². The molecule has 0 aromatic rings. The molecule has 1 heterocycles. The number of hydrogen-bond acceptors (Lipinski definition) is 2. The fourth-order valence-electron chi connectivity index (χ4n) is 3.04. The minimum Gasteiger partial charge on any atom is -0.508 e. The fourth-order valence-corrected chi connectivity index (χ4v) is 3.04. The number of fused-ring (bicyclic) bond motifs is 2. The Morgan fingerprint density at radius 2 is 2.25 bits per heavy atom. The van der Waals surface area contributed by atoms with Crippen molar-refractivity contribution < 1.29 is 9.84 Å². The molecule has 2 heteroatoms. The van der Waals surface area contributed by atoms with Crippen molar-refractivity contribution in [3.63, 3.8) is 0 Å². The largest absolute Gasteiger partial charge is 0.508 e. The van der Waals surface area contributed by atoms with Crippen LogP contribution in [0.4, 0.5) is 0 Å². The molecule has 0 saturated heterocycles. The molecule has 1 aliphatic heterocycles. The van der Waals surface area contributed by atoms with Crippen LogP contribution in [0, 0.1) is 5.92 Å². The molecule has 16 heavy (non-hydrogen) atoms. The number of allylic oxidation sites excluding steroid dienone is 3. The second-order valence-electron chi connectivity index (χ2n) is 4.95. The van der Waals surface area contributed by atoms with E-state index in [9.17, 15) is 5.11 Å². The molecule has 0 radical (unpaired) electrons.